The van der Waals surface area contributed by atoms with Crippen molar-refractivity contribution in [3.63, 3.8) is 0 Å². The van der Waals surface area contributed by atoms with Crippen LogP contribution in [0.15, 0.2) is 180 Å². The largest absolute Gasteiger partial charge is 0.456 e. The van der Waals surface area contributed by atoms with E-state index in [2.05, 4.69) is 178 Å². The molecule has 0 atom stereocenters. The Morgan fingerprint density at radius 1 is 0.431 bits per heavy atom. The molecule has 0 fully saturated rings. The van der Waals surface area contributed by atoms with E-state index in [0.29, 0.717) is 0 Å². The fourth-order valence-corrected chi connectivity index (χ4v) is 9.23. The van der Waals surface area contributed by atoms with Crippen molar-refractivity contribution in [2.75, 3.05) is 0 Å². The van der Waals surface area contributed by atoms with Gasteiger partial charge in [0.1, 0.15) is 22.6 Å². The van der Waals surface area contributed by atoms with Crippen LogP contribution in [0.1, 0.15) is 22.3 Å². The van der Waals surface area contributed by atoms with Crippen molar-refractivity contribution >= 4 is 21.9 Å². The molecule has 4 heteroatoms. The fourth-order valence-electron chi connectivity index (χ4n) is 9.23. The Bertz CT molecular complexity index is 3220. The predicted octanol–water partition coefficient (Wildman–Crippen LogP) is 14.0. The SMILES string of the molecule is Cc1cc2c(c(-c3nnnc(-c4c(-c5ccccc5)cccc4-c4cccc5oc6ccccc6c45)c3-c3ccccc3-c3ccccc3)c1C)Cc1ccccc1-2. The van der Waals surface area contributed by atoms with Crippen LogP contribution < -0.4 is 0 Å². The monoisotopic (exact) mass is 743 g/mol. The summed E-state index contributed by atoms with van der Waals surface area (Å²) in [5.74, 6) is 0. The van der Waals surface area contributed by atoms with E-state index in [9.17, 15) is 0 Å². The third kappa shape index (κ3) is 5.33. The summed E-state index contributed by atoms with van der Waals surface area (Å²) in [6.45, 7) is 4.45. The molecule has 0 saturated heterocycles. The number of rotatable bonds is 6. The molecule has 11 rings (SSSR count). The van der Waals surface area contributed by atoms with Gasteiger partial charge in [0.15, 0.2) is 0 Å². The maximum atomic E-state index is 6.47. The van der Waals surface area contributed by atoms with Gasteiger partial charge in [-0.3, -0.25) is 0 Å². The Morgan fingerprint density at radius 2 is 1.00 bits per heavy atom. The molecule has 2 aromatic heterocycles. The first-order chi connectivity index (χ1) is 28.6. The third-order valence-electron chi connectivity index (χ3n) is 12.0. The molecule has 1 aliphatic carbocycles. The number of furan rings is 1. The first-order valence-corrected chi connectivity index (χ1v) is 19.8. The van der Waals surface area contributed by atoms with Crippen molar-refractivity contribution < 1.29 is 4.42 Å². The Kier molecular flexibility index (Phi) is 7.97. The number of nitrogens with zero attached hydrogens (tertiary/aromatic N) is 3. The lowest BCUT2D eigenvalue weighted by Crippen LogP contribution is -2.06. The zero-order valence-electron chi connectivity index (χ0n) is 32.2. The Hall–Kier alpha value is -7.43. The van der Waals surface area contributed by atoms with Gasteiger partial charge in [0, 0.05) is 27.5 Å². The number of benzene rings is 8. The minimum Gasteiger partial charge on any atom is -0.456 e. The minimum atomic E-state index is 0.776. The quantitative estimate of drug-likeness (QED) is 0.170. The van der Waals surface area contributed by atoms with E-state index < -0.39 is 0 Å². The molecule has 0 amide bonds. The minimum absolute atomic E-state index is 0.776. The van der Waals surface area contributed by atoms with Crippen molar-refractivity contribution in [1.82, 2.24) is 15.4 Å². The molecule has 2 heterocycles. The highest BCUT2D eigenvalue weighted by Crippen LogP contribution is 2.51. The van der Waals surface area contributed by atoms with Gasteiger partial charge in [-0.15, -0.1) is 10.2 Å². The molecule has 1 aliphatic rings. The number of hydrogen-bond acceptors (Lipinski definition) is 4. The second kappa shape index (κ2) is 13.6. The highest BCUT2D eigenvalue weighted by atomic mass is 16.3. The molecule has 0 radical (unpaired) electrons. The van der Waals surface area contributed by atoms with Gasteiger partial charge in [-0.1, -0.05) is 164 Å². The molecule has 0 saturated carbocycles. The Morgan fingerprint density at radius 3 is 1.79 bits per heavy atom. The molecule has 10 aromatic rings. The maximum absolute atomic E-state index is 6.47. The lowest BCUT2D eigenvalue weighted by molar-refractivity contribution is 0.669. The molecular weight excluding hydrogens is 707 g/mol. The van der Waals surface area contributed by atoms with Crippen molar-refractivity contribution in [2.24, 2.45) is 0 Å². The molecule has 58 heavy (non-hydrogen) atoms. The van der Waals surface area contributed by atoms with Gasteiger partial charge in [0.2, 0.25) is 0 Å². The molecule has 0 unspecified atom stereocenters. The molecule has 0 N–H and O–H groups in total. The van der Waals surface area contributed by atoms with Crippen LogP contribution in [0.2, 0.25) is 0 Å². The van der Waals surface area contributed by atoms with E-state index in [4.69, 9.17) is 19.8 Å². The summed E-state index contributed by atoms with van der Waals surface area (Å²) in [7, 11) is 0. The summed E-state index contributed by atoms with van der Waals surface area (Å²) in [6, 6.07) is 62.3. The van der Waals surface area contributed by atoms with Crippen molar-refractivity contribution in [1.29, 1.82) is 0 Å². The van der Waals surface area contributed by atoms with E-state index in [1.54, 1.807) is 0 Å². The van der Waals surface area contributed by atoms with Gasteiger partial charge in [-0.25, -0.2) is 0 Å². The molecule has 0 aliphatic heterocycles. The molecule has 0 bridgehead atoms. The van der Waals surface area contributed by atoms with Crippen LogP contribution in [-0.4, -0.2) is 15.4 Å². The second-order valence-electron chi connectivity index (χ2n) is 15.2. The summed E-state index contributed by atoms with van der Waals surface area (Å²) < 4.78 is 6.47. The van der Waals surface area contributed by atoms with Crippen LogP contribution >= 0.6 is 0 Å². The zero-order valence-corrected chi connectivity index (χ0v) is 32.2. The molecule has 274 valence electrons. The van der Waals surface area contributed by atoms with Crippen molar-refractivity contribution in [3.8, 4) is 78.1 Å². The van der Waals surface area contributed by atoms with E-state index in [0.717, 1.165) is 95.4 Å². The summed E-state index contributed by atoms with van der Waals surface area (Å²) in [5, 5.41) is 17.1. The normalized spacial score (nSPS) is 11.9. The van der Waals surface area contributed by atoms with Gasteiger partial charge < -0.3 is 4.42 Å². The first kappa shape index (κ1) is 33.9. The zero-order chi connectivity index (χ0) is 38.7. The highest BCUT2D eigenvalue weighted by molar-refractivity contribution is 6.15. The van der Waals surface area contributed by atoms with Crippen LogP contribution in [0.25, 0.3) is 100 Å². The summed E-state index contributed by atoms with van der Waals surface area (Å²) >= 11 is 0. The van der Waals surface area contributed by atoms with Gasteiger partial charge in [0.05, 0.1) is 0 Å². The number of hydrogen-bond donors (Lipinski definition) is 0. The van der Waals surface area contributed by atoms with E-state index in [1.165, 1.54) is 33.4 Å². The number of fused-ring (bicyclic) bond motifs is 6. The second-order valence-corrected chi connectivity index (χ2v) is 15.2. The van der Waals surface area contributed by atoms with Crippen molar-refractivity contribution in [3.05, 3.63) is 198 Å². The average Bonchev–Trinajstić information content (AvgIpc) is 3.85. The summed E-state index contributed by atoms with van der Waals surface area (Å²) in [5.41, 5.74) is 21.5. The summed E-state index contributed by atoms with van der Waals surface area (Å²) in [6.07, 6.45) is 0.822. The van der Waals surface area contributed by atoms with Crippen LogP contribution in [0.5, 0.6) is 0 Å². The first-order valence-electron chi connectivity index (χ1n) is 19.8. The van der Waals surface area contributed by atoms with E-state index in [1.807, 2.05) is 12.1 Å². The van der Waals surface area contributed by atoms with Gasteiger partial charge in [-0.2, -0.15) is 0 Å². The van der Waals surface area contributed by atoms with Gasteiger partial charge >= 0.3 is 0 Å². The topological polar surface area (TPSA) is 51.8 Å². The lowest BCUT2D eigenvalue weighted by Gasteiger charge is -2.23. The molecule has 4 nitrogen and oxygen atoms in total. The van der Waals surface area contributed by atoms with Gasteiger partial charge in [-0.05, 0) is 110 Å². The summed E-state index contributed by atoms with van der Waals surface area (Å²) in [4.78, 5) is 0. The fraction of sp³-hybridized carbons (Fsp3) is 0.0556. The maximum Gasteiger partial charge on any atom is 0.136 e. The van der Waals surface area contributed by atoms with Crippen LogP contribution in [-0.2, 0) is 6.42 Å². The number of para-hydroxylation sites is 1. The lowest BCUT2D eigenvalue weighted by atomic mass is 9.82. The van der Waals surface area contributed by atoms with E-state index in [-0.39, 0.29) is 0 Å². The third-order valence-corrected chi connectivity index (χ3v) is 12.0. The van der Waals surface area contributed by atoms with Gasteiger partial charge in [0.25, 0.3) is 0 Å². The molecular formula is C54H37N3O. The molecule has 8 aromatic carbocycles. The highest BCUT2D eigenvalue weighted by Gasteiger charge is 2.31. The Balaban J connectivity index is 1.30. The van der Waals surface area contributed by atoms with E-state index >= 15 is 0 Å². The number of aromatic nitrogens is 3. The van der Waals surface area contributed by atoms with Crippen molar-refractivity contribution in [2.45, 2.75) is 20.3 Å². The van der Waals surface area contributed by atoms with Crippen LogP contribution in [0.3, 0.4) is 0 Å². The van der Waals surface area contributed by atoms with Crippen LogP contribution in [0.4, 0.5) is 0 Å². The standard InChI is InChI=1S/C54H37N3O/c1-33-31-45-39-23-10-9-21-37(39)32-46(45)49(34(33)2)53-52(41-24-12-11-22-38(41)35-17-5-3-6-18-35)54(56-57-55-53)51-40(36-19-7-4-8-20-36)26-15-27-43(51)42-28-16-30-48-50(42)44-25-13-14-29-47(44)58-48/h3-31H,32H2,1-2H3. The Labute approximate surface area is 337 Å². The predicted molar refractivity (Wildman–Crippen MR) is 237 cm³/mol. The number of aryl methyl sites for hydroxylation is 1. The van der Waals surface area contributed by atoms with Crippen LogP contribution in [0, 0.1) is 13.8 Å². The smallest absolute Gasteiger partial charge is 0.136 e. The average molecular weight is 744 g/mol. The molecule has 0 spiro atoms.